The number of aryl methyl sites for hydroxylation is 2. The van der Waals surface area contributed by atoms with E-state index in [4.69, 9.17) is 4.42 Å². The number of thiazole rings is 1. The van der Waals surface area contributed by atoms with Gasteiger partial charge in [-0.25, -0.2) is 9.38 Å². The highest BCUT2D eigenvalue weighted by Crippen LogP contribution is 2.17. The van der Waals surface area contributed by atoms with Crippen molar-refractivity contribution in [3.63, 3.8) is 0 Å². The quantitative estimate of drug-likeness (QED) is 0.542. The summed E-state index contributed by atoms with van der Waals surface area (Å²) in [5.41, 5.74) is 2.62. The molecule has 0 radical (unpaired) electrons. The Morgan fingerprint density at radius 1 is 1.29 bits per heavy atom. The van der Waals surface area contributed by atoms with E-state index in [-0.39, 0.29) is 5.56 Å². The van der Waals surface area contributed by atoms with E-state index in [2.05, 4.69) is 4.98 Å². The summed E-state index contributed by atoms with van der Waals surface area (Å²) in [5, 5.41) is 0. The van der Waals surface area contributed by atoms with Crippen LogP contribution in [-0.2, 0) is 0 Å². The Balaban J connectivity index is 2.05. The average molecular weight is 296 g/mol. The molecule has 0 amide bonds. The zero-order chi connectivity index (χ0) is 14.6. The Morgan fingerprint density at radius 3 is 2.86 bits per heavy atom. The monoisotopic (exact) mass is 296 g/mol. The van der Waals surface area contributed by atoms with Gasteiger partial charge in [-0.2, -0.15) is 0 Å². The van der Waals surface area contributed by atoms with Crippen molar-refractivity contribution in [2.75, 3.05) is 0 Å². The minimum absolute atomic E-state index is 0.0260. The van der Waals surface area contributed by atoms with Crippen LogP contribution in [0.1, 0.15) is 17.1 Å². The van der Waals surface area contributed by atoms with Crippen LogP contribution in [0.4, 0.5) is 0 Å². The van der Waals surface area contributed by atoms with Gasteiger partial charge in [0.05, 0.1) is 15.6 Å². The first kappa shape index (κ1) is 12.3. The molecule has 0 aliphatic carbocycles. The lowest BCUT2D eigenvalue weighted by Crippen LogP contribution is -2.22. The van der Waals surface area contributed by atoms with E-state index in [9.17, 15) is 4.79 Å². The van der Waals surface area contributed by atoms with Gasteiger partial charge in [0.1, 0.15) is 11.5 Å². The van der Waals surface area contributed by atoms with Gasteiger partial charge in [0.15, 0.2) is 4.96 Å². The van der Waals surface area contributed by atoms with Gasteiger partial charge in [-0.3, -0.25) is 4.79 Å². The fourth-order valence-corrected chi connectivity index (χ4v) is 3.52. The number of hydrogen-bond acceptors (Lipinski definition) is 4. The van der Waals surface area contributed by atoms with Crippen LogP contribution in [-0.4, -0.2) is 9.38 Å². The third kappa shape index (κ3) is 1.81. The number of aromatic nitrogens is 2. The number of rotatable bonds is 1. The minimum atomic E-state index is -0.0260. The molecular weight excluding hydrogens is 284 g/mol. The van der Waals surface area contributed by atoms with Crippen LogP contribution >= 0.6 is 11.3 Å². The van der Waals surface area contributed by atoms with Gasteiger partial charge >= 0.3 is 0 Å². The van der Waals surface area contributed by atoms with Gasteiger partial charge in [-0.15, -0.1) is 0 Å². The maximum Gasteiger partial charge on any atom is 0.274 e. The Kier molecular flexibility index (Phi) is 2.53. The summed E-state index contributed by atoms with van der Waals surface area (Å²) >= 11 is 1.40. The van der Waals surface area contributed by atoms with Crippen molar-refractivity contribution < 1.29 is 4.42 Å². The van der Waals surface area contributed by atoms with Crippen molar-refractivity contribution >= 4 is 33.4 Å². The molecule has 0 fully saturated rings. The molecular formula is C16H12N2O2S. The Bertz CT molecular complexity index is 1090. The van der Waals surface area contributed by atoms with E-state index in [1.165, 1.54) is 11.3 Å². The summed E-state index contributed by atoms with van der Waals surface area (Å²) in [5.74, 6) is 1.67. The molecule has 0 bridgehead atoms. The lowest BCUT2D eigenvalue weighted by molar-refractivity contribution is 0.504. The number of hydrogen-bond donors (Lipinski definition) is 0. The van der Waals surface area contributed by atoms with Gasteiger partial charge in [0, 0.05) is 5.56 Å². The van der Waals surface area contributed by atoms with E-state index in [1.54, 1.807) is 4.40 Å². The maximum absolute atomic E-state index is 12.6. The highest BCUT2D eigenvalue weighted by molar-refractivity contribution is 7.15. The van der Waals surface area contributed by atoms with Crippen molar-refractivity contribution in [3.05, 3.63) is 62.3 Å². The van der Waals surface area contributed by atoms with Gasteiger partial charge < -0.3 is 4.42 Å². The second-order valence-electron chi connectivity index (χ2n) is 5.00. The Labute approximate surface area is 124 Å². The smallest absolute Gasteiger partial charge is 0.274 e. The number of imidazole rings is 1. The van der Waals surface area contributed by atoms with E-state index in [0.29, 0.717) is 4.53 Å². The fourth-order valence-electron chi connectivity index (χ4n) is 2.55. The number of nitrogens with zero attached hydrogens (tertiary/aromatic N) is 2. The molecule has 4 aromatic rings. The molecule has 0 aliphatic heterocycles. The molecule has 3 heterocycles. The number of benzene rings is 1. The SMILES string of the molecule is Cc1cc(/C=c2\sc3nc4ccccc4n3c2=O)c(C)o1. The third-order valence-electron chi connectivity index (χ3n) is 3.51. The van der Waals surface area contributed by atoms with Crippen LogP contribution in [0.15, 0.2) is 39.5 Å². The van der Waals surface area contributed by atoms with E-state index in [1.807, 2.05) is 50.3 Å². The topological polar surface area (TPSA) is 47.5 Å². The number of para-hydroxylation sites is 2. The molecule has 104 valence electrons. The lowest BCUT2D eigenvalue weighted by Gasteiger charge is -1.87. The summed E-state index contributed by atoms with van der Waals surface area (Å²) < 4.78 is 7.85. The molecule has 0 aliphatic rings. The second-order valence-corrected chi connectivity index (χ2v) is 6.01. The molecule has 21 heavy (non-hydrogen) atoms. The second kappa shape index (κ2) is 4.30. The number of fused-ring (bicyclic) bond motifs is 3. The Morgan fingerprint density at radius 2 is 2.10 bits per heavy atom. The van der Waals surface area contributed by atoms with Gasteiger partial charge in [-0.05, 0) is 38.1 Å². The van der Waals surface area contributed by atoms with E-state index < -0.39 is 0 Å². The minimum Gasteiger partial charge on any atom is -0.466 e. The third-order valence-corrected chi connectivity index (χ3v) is 4.48. The molecule has 5 heteroatoms. The van der Waals surface area contributed by atoms with Crippen molar-refractivity contribution in [3.8, 4) is 0 Å². The van der Waals surface area contributed by atoms with E-state index in [0.717, 1.165) is 33.1 Å². The van der Waals surface area contributed by atoms with Gasteiger partial charge in [0.25, 0.3) is 5.56 Å². The highest BCUT2D eigenvalue weighted by atomic mass is 32.1. The summed E-state index contributed by atoms with van der Waals surface area (Å²) in [4.78, 5) is 17.8. The molecule has 0 unspecified atom stereocenters. The molecule has 4 nitrogen and oxygen atoms in total. The zero-order valence-electron chi connectivity index (χ0n) is 11.6. The average Bonchev–Trinajstić information content (AvgIpc) is 3.05. The number of furan rings is 1. The highest BCUT2D eigenvalue weighted by Gasteiger charge is 2.11. The molecule has 1 aromatic carbocycles. The fraction of sp³-hybridized carbons (Fsp3) is 0.125. The van der Waals surface area contributed by atoms with Gasteiger partial charge in [-0.1, -0.05) is 23.5 Å². The molecule has 0 atom stereocenters. The summed E-state index contributed by atoms with van der Waals surface area (Å²) in [6.07, 6.45) is 1.88. The standard InChI is InChI=1S/C16H12N2O2S/c1-9-7-11(10(2)20-9)8-14-15(19)18-13-6-4-3-5-12(13)17-16(18)21-14/h3-8H,1-2H3/b14-8-. The van der Waals surface area contributed by atoms with Crippen LogP contribution in [0.2, 0.25) is 0 Å². The zero-order valence-corrected chi connectivity index (χ0v) is 12.4. The summed E-state index contributed by atoms with van der Waals surface area (Å²) in [7, 11) is 0. The van der Waals surface area contributed by atoms with Crippen LogP contribution in [0.5, 0.6) is 0 Å². The van der Waals surface area contributed by atoms with Crippen LogP contribution in [0.25, 0.3) is 22.1 Å². The molecule has 0 saturated heterocycles. The van der Waals surface area contributed by atoms with Crippen molar-refractivity contribution in [1.82, 2.24) is 9.38 Å². The lowest BCUT2D eigenvalue weighted by atomic mass is 10.2. The van der Waals surface area contributed by atoms with E-state index >= 15 is 0 Å². The van der Waals surface area contributed by atoms with Gasteiger partial charge in [0.2, 0.25) is 0 Å². The molecule has 0 N–H and O–H groups in total. The molecule has 3 aromatic heterocycles. The predicted octanol–water partition coefficient (Wildman–Crippen LogP) is 2.67. The largest absolute Gasteiger partial charge is 0.466 e. The first-order valence-corrected chi connectivity index (χ1v) is 7.44. The normalized spacial score (nSPS) is 12.8. The van der Waals surface area contributed by atoms with Crippen LogP contribution in [0, 0.1) is 13.8 Å². The maximum atomic E-state index is 12.6. The van der Waals surface area contributed by atoms with Crippen LogP contribution < -0.4 is 10.1 Å². The summed E-state index contributed by atoms with van der Waals surface area (Å²) in [6, 6.07) is 9.62. The molecule has 0 spiro atoms. The first-order valence-electron chi connectivity index (χ1n) is 6.62. The molecule has 4 rings (SSSR count). The predicted molar refractivity (Wildman–Crippen MR) is 83.8 cm³/mol. The Hall–Kier alpha value is -2.40. The van der Waals surface area contributed by atoms with Crippen molar-refractivity contribution in [2.24, 2.45) is 0 Å². The van der Waals surface area contributed by atoms with Crippen molar-refractivity contribution in [1.29, 1.82) is 0 Å². The summed E-state index contributed by atoms with van der Waals surface area (Å²) in [6.45, 7) is 3.80. The van der Waals surface area contributed by atoms with Crippen molar-refractivity contribution in [2.45, 2.75) is 13.8 Å². The molecule has 0 saturated carbocycles. The van der Waals surface area contributed by atoms with Crippen LogP contribution in [0.3, 0.4) is 0 Å². The first-order chi connectivity index (χ1) is 10.1.